The van der Waals surface area contributed by atoms with E-state index in [-0.39, 0.29) is 0 Å². The molecule has 10 heteroatoms. The van der Waals surface area contributed by atoms with Crippen LogP contribution >= 0.6 is 11.3 Å². The minimum atomic E-state index is -0.474. The van der Waals surface area contributed by atoms with Gasteiger partial charge in [-0.15, -0.1) is 10.2 Å². The molecule has 0 unspecified atom stereocenters. The SMILES string of the molecule is CCOC(=O)c1sc(Nc2ccccc2NC(=O)Nc2ccc(-c3ccccc3)nn2)nc1C. The van der Waals surface area contributed by atoms with Crippen LogP contribution in [0.5, 0.6) is 0 Å². The Balaban J connectivity index is 1.43. The summed E-state index contributed by atoms with van der Waals surface area (Å²) in [5.74, 6) is -0.0898. The van der Waals surface area contributed by atoms with Crippen molar-refractivity contribution in [3.63, 3.8) is 0 Å². The summed E-state index contributed by atoms with van der Waals surface area (Å²) in [5, 5.41) is 17.4. The van der Waals surface area contributed by atoms with Crippen LogP contribution in [0.15, 0.2) is 66.7 Å². The van der Waals surface area contributed by atoms with Gasteiger partial charge >= 0.3 is 12.0 Å². The number of hydrogen-bond acceptors (Lipinski definition) is 8. The molecule has 0 radical (unpaired) electrons. The quantitative estimate of drug-likeness (QED) is 0.304. The standard InChI is InChI=1S/C24H22N6O3S/c1-3-33-22(31)21-15(2)25-24(34-21)27-19-12-8-7-11-18(19)26-23(32)28-20-14-13-17(29-30-20)16-9-5-4-6-10-16/h4-14H,3H2,1-2H3,(H,25,27)(H2,26,28,30,32). The summed E-state index contributed by atoms with van der Waals surface area (Å²) in [6, 6.07) is 19.8. The van der Waals surface area contributed by atoms with E-state index in [0.29, 0.717) is 45.2 Å². The molecule has 0 atom stereocenters. The number of thiazole rings is 1. The molecule has 0 aliphatic rings. The average molecular weight is 475 g/mol. The first-order valence-electron chi connectivity index (χ1n) is 10.5. The van der Waals surface area contributed by atoms with E-state index < -0.39 is 12.0 Å². The van der Waals surface area contributed by atoms with E-state index in [1.165, 1.54) is 11.3 Å². The Hall–Kier alpha value is -4.31. The Morgan fingerprint density at radius 2 is 1.65 bits per heavy atom. The van der Waals surface area contributed by atoms with E-state index in [1.807, 2.05) is 36.4 Å². The lowest BCUT2D eigenvalue weighted by Crippen LogP contribution is -2.20. The fourth-order valence-electron chi connectivity index (χ4n) is 3.08. The lowest BCUT2D eigenvalue weighted by Gasteiger charge is -2.12. The fourth-order valence-corrected chi connectivity index (χ4v) is 3.96. The first kappa shape index (κ1) is 22.9. The number of ether oxygens (including phenoxy) is 1. The average Bonchev–Trinajstić information content (AvgIpc) is 3.21. The molecule has 0 bridgehead atoms. The summed E-state index contributed by atoms with van der Waals surface area (Å²) in [4.78, 5) is 29.5. The largest absolute Gasteiger partial charge is 0.462 e. The van der Waals surface area contributed by atoms with Crippen LogP contribution in [0.4, 0.5) is 27.1 Å². The Labute approximate surface area is 200 Å². The fraction of sp³-hybridized carbons (Fsp3) is 0.125. The van der Waals surface area contributed by atoms with Crippen molar-refractivity contribution in [2.75, 3.05) is 22.6 Å². The maximum absolute atomic E-state index is 12.6. The maximum Gasteiger partial charge on any atom is 0.350 e. The first-order valence-corrected chi connectivity index (χ1v) is 11.3. The molecule has 0 aliphatic heterocycles. The second-order valence-corrected chi connectivity index (χ2v) is 8.07. The second kappa shape index (κ2) is 10.5. The zero-order valence-electron chi connectivity index (χ0n) is 18.5. The van der Waals surface area contributed by atoms with Gasteiger partial charge in [0.15, 0.2) is 10.9 Å². The van der Waals surface area contributed by atoms with Gasteiger partial charge in [0.25, 0.3) is 0 Å². The summed E-state index contributed by atoms with van der Waals surface area (Å²) < 4.78 is 5.07. The Morgan fingerprint density at radius 1 is 0.912 bits per heavy atom. The Kier molecular flexibility index (Phi) is 7.09. The third kappa shape index (κ3) is 5.54. The van der Waals surface area contributed by atoms with Gasteiger partial charge in [0, 0.05) is 5.56 Å². The Morgan fingerprint density at radius 3 is 2.35 bits per heavy atom. The van der Waals surface area contributed by atoms with Crippen molar-refractivity contribution < 1.29 is 14.3 Å². The van der Waals surface area contributed by atoms with Crippen molar-refractivity contribution in [3.05, 3.63) is 77.3 Å². The number of carbonyl (C=O) groups excluding carboxylic acids is 2. The van der Waals surface area contributed by atoms with Gasteiger partial charge in [-0.25, -0.2) is 14.6 Å². The lowest BCUT2D eigenvalue weighted by molar-refractivity contribution is 0.0531. The van der Waals surface area contributed by atoms with Crippen molar-refractivity contribution in [3.8, 4) is 11.3 Å². The van der Waals surface area contributed by atoms with Crippen LogP contribution in [-0.2, 0) is 4.74 Å². The van der Waals surface area contributed by atoms with Gasteiger partial charge in [0.1, 0.15) is 4.88 Å². The van der Waals surface area contributed by atoms with Crippen molar-refractivity contribution in [2.45, 2.75) is 13.8 Å². The summed E-state index contributed by atoms with van der Waals surface area (Å²) in [6.45, 7) is 3.79. The zero-order valence-corrected chi connectivity index (χ0v) is 19.3. The van der Waals surface area contributed by atoms with Gasteiger partial charge in [0.05, 0.1) is 29.4 Å². The van der Waals surface area contributed by atoms with E-state index in [9.17, 15) is 9.59 Å². The van der Waals surface area contributed by atoms with Gasteiger partial charge in [0.2, 0.25) is 0 Å². The second-order valence-electron chi connectivity index (χ2n) is 7.07. The molecule has 2 amide bonds. The minimum Gasteiger partial charge on any atom is -0.462 e. The van der Waals surface area contributed by atoms with E-state index in [1.54, 1.807) is 44.2 Å². The molecular weight excluding hydrogens is 452 g/mol. The number of esters is 1. The van der Waals surface area contributed by atoms with Crippen LogP contribution in [0.2, 0.25) is 0 Å². The lowest BCUT2D eigenvalue weighted by atomic mass is 10.1. The molecule has 172 valence electrons. The monoisotopic (exact) mass is 474 g/mol. The third-order valence-electron chi connectivity index (χ3n) is 4.65. The molecule has 3 N–H and O–H groups in total. The van der Waals surface area contributed by atoms with Crippen LogP contribution in [0.3, 0.4) is 0 Å². The predicted octanol–water partition coefficient (Wildman–Crippen LogP) is 5.47. The van der Waals surface area contributed by atoms with E-state index in [2.05, 4.69) is 31.1 Å². The number of rotatable bonds is 7. The van der Waals surface area contributed by atoms with E-state index in [4.69, 9.17) is 4.74 Å². The Bertz CT molecular complexity index is 1290. The highest BCUT2D eigenvalue weighted by atomic mass is 32.1. The number of para-hydroxylation sites is 2. The summed E-state index contributed by atoms with van der Waals surface area (Å²) >= 11 is 1.19. The van der Waals surface area contributed by atoms with Crippen LogP contribution in [0.1, 0.15) is 22.3 Å². The number of aromatic nitrogens is 3. The molecule has 2 heterocycles. The number of nitrogens with one attached hydrogen (secondary N) is 3. The number of anilines is 4. The van der Waals surface area contributed by atoms with Crippen molar-refractivity contribution in [1.82, 2.24) is 15.2 Å². The van der Waals surface area contributed by atoms with Crippen molar-refractivity contribution >= 4 is 45.7 Å². The first-order chi connectivity index (χ1) is 16.5. The highest BCUT2D eigenvalue weighted by molar-refractivity contribution is 7.17. The molecule has 4 rings (SSSR count). The normalized spacial score (nSPS) is 10.4. The van der Waals surface area contributed by atoms with Crippen LogP contribution in [0, 0.1) is 6.92 Å². The number of urea groups is 1. The molecule has 9 nitrogen and oxygen atoms in total. The molecule has 2 aromatic heterocycles. The predicted molar refractivity (Wildman–Crippen MR) is 133 cm³/mol. The number of carbonyl (C=O) groups is 2. The maximum atomic E-state index is 12.6. The highest BCUT2D eigenvalue weighted by Gasteiger charge is 2.17. The molecule has 34 heavy (non-hydrogen) atoms. The summed E-state index contributed by atoms with van der Waals surface area (Å²) in [6.07, 6.45) is 0. The third-order valence-corrected chi connectivity index (χ3v) is 5.70. The van der Waals surface area contributed by atoms with Gasteiger partial charge in [-0.1, -0.05) is 53.8 Å². The number of aryl methyl sites for hydroxylation is 1. The highest BCUT2D eigenvalue weighted by Crippen LogP contribution is 2.30. The number of hydrogen-bond donors (Lipinski definition) is 3. The summed E-state index contributed by atoms with van der Waals surface area (Å²) in [5.41, 5.74) is 3.37. The number of benzene rings is 2. The number of nitrogens with zero attached hydrogens (tertiary/aromatic N) is 3. The van der Waals surface area contributed by atoms with Crippen molar-refractivity contribution in [2.24, 2.45) is 0 Å². The molecule has 0 fully saturated rings. The molecule has 4 aromatic rings. The minimum absolute atomic E-state index is 0.292. The molecule has 0 aliphatic carbocycles. The van der Waals surface area contributed by atoms with Gasteiger partial charge in [-0.2, -0.15) is 0 Å². The molecule has 0 saturated heterocycles. The molecule has 0 saturated carbocycles. The zero-order chi connectivity index (χ0) is 23.9. The van der Waals surface area contributed by atoms with Gasteiger partial charge in [-0.05, 0) is 38.1 Å². The van der Waals surface area contributed by atoms with Crippen LogP contribution in [0.25, 0.3) is 11.3 Å². The van der Waals surface area contributed by atoms with E-state index >= 15 is 0 Å². The molecule has 2 aromatic carbocycles. The van der Waals surface area contributed by atoms with Crippen LogP contribution in [-0.4, -0.2) is 33.8 Å². The van der Waals surface area contributed by atoms with Gasteiger partial charge in [-0.3, -0.25) is 5.32 Å². The topological polar surface area (TPSA) is 118 Å². The molecular formula is C24H22N6O3S. The van der Waals surface area contributed by atoms with Crippen LogP contribution < -0.4 is 16.0 Å². The van der Waals surface area contributed by atoms with Gasteiger partial charge < -0.3 is 15.4 Å². The molecule has 0 spiro atoms. The smallest absolute Gasteiger partial charge is 0.350 e. The van der Waals surface area contributed by atoms with E-state index in [0.717, 1.165) is 5.56 Å². The number of amides is 2. The van der Waals surface area contributed by atoms with Crippen molar-refractivity contribution in [1.29, 1.82) is 0 Å². The summed E-state index contributed by atoms with van der Waals surface area (Å²) in [7, 11) is 0.